The van der Waals surface area contributed by atoms with Gasteiger partial charge in [0.2, 0.25) is 0 Å². The zero-order valence-electron chi connectivity index (χ0n) is 4.82. The maximum Gasteiger partial charge on any atom is 0.107 e. The van der Waals surface area contributed by atoms with Crippen LogP contribution < -0.4 is 0 Å². The van der Waals surface area contributed by atoms with Gasteiger partial charge in [-0.15, -0.1) is 0 Å². The molecule has 0 aromatic rings. The molecule has 0 spiro atoms. The van der Waals surface area contributed by atoms with Gasteiger partial charge >= 0.3 is 0 Å². The molecule has 2 heteroatoms. The summed E-state index contributed by atoms with van der Waals surface area (Å²) in [5, 5.41) is 8.00. The van der Waals surface area contributed by atoms with Crippen LogP contribution in [-0.2, 0) is 0 Å². The summed E-state index contributed by atoms with van der Waals surface area (Å²) in [4.78, 5) is 0.503. The smallest absolute Gasteiger partial charge is 0.107 e. The lowest BCUT2D eigenvalue weighted by molar-refractivity contribution is 0.516. The Kier molecular flexibility index (Phi) is 4.89. The Labute approximate surface area is 58.2 Å². The topological polar surface area (TPSA) is 20.2 Å². The average Bonchev–Trinajstić information content (AvgIpc) is 1.66. The van der Waals surface area contributed by atoms with Crippen LogP contribution in [0.1, 0.15) is 19.8 Å². The minimum atomic E-state index is 0.503. The van der Waals surface area contributed by atoms with Gasteiger partial charge in [-0.3, -0.25) is 0 Å². The van der Waals surface area contributed by atoms with Gasteiger partial charge in [-0.05, 0) is 6.42 Å². The van der Waals surface area contributed by atoms with Gasteiger partial charge in [-0.2, -0.15) is 0 Å². The normalized spacial score (nSPS) is 11.8. The molecule has 1 unspecified atom stereocenters. The van der Waals surface area contributed by atoms with Crippen molar-refractivity contribution < 1.29 is 5.11 Å². The van der Waals surface area contributed by atoms with Crippen LogP contribution in [0.5, 0.6) is 0 Å². The molecular formula is C6H9BrO. The fraction of sp³-hybridized carbons (Fsp3) is 0.667. The standard InChI is InChI=1S/C6H9BrO/c1-6(7)4-2-3-5-8/h6,8H,2,4H2,1H3. The van der Waals surface area contributed by atoms with E-state index in [4.69, 9.17) is 5.11 Å². The van der Waals surface area contributed by atoms with Crippen molar-refractivity contribution in [3.05, 3.63) is 0 Å². The number of halogens is 1. The maximum absolute atomic E-state index is 8.00. The van der Waals surface area contributed by atoms with E-state index in [0.29, 0.717) is 4.83 Å². The molecule has 8 heavy (non-hydrogen) atoms. The summed E-state index contributed by atoms with van der Waals surface area (Å²) in [5.74, 6) is 2.56. The van der Waals surface area contributed by atoms with Crippen molar-refractivity contribution in [2.45, 2.75) is 24.6 Å². The molecule has 0 aliphatic rings. The van der Waals surface area contributed by atoms with Gasteiger partial charge in [-0.25, -0.2) is 0 Å². The molecule has 1 nitrogen and oxygen atoms in total. The van der Waals surface area contributed by atoms with Gasteiger partial charge in [0, 0.05) is 11.2 Å². The first-order valence-electron chi connectivity index (χ1n) is 2.53. The average molecular weight is 177 g/mol. The zero-order valence-corrected chi connectivity index (χ0v) is 6.40. The summed E-state index contributed by atoms with van der Waals surface area (Å²) >= 11 is 3.36. The molecule has 0 aliphatic heterocycles. The van der Waals surface area contributed by atoms with E-state index >= 15 is 0 Å². The molecule has 46 valence electrons. The lowest BCUT2D eigenvalue weighted by atomic mass is 10.3. The molecule has 0 saturated carbocycles. The molecule has 1 atom stereocenters. The molecule has 0 aromatic carbocycles. The van der Waals surface area contributed by atoms with Crippen LogP contribution in [0.3, 0.4) is 0 Å². The van der Waals surface area contributed by atoms with E-state index in [1.165, 1.54) is 0 Å². The van der Waals surface area contributed by atoms with Crippen molar-refractivity contribution in [2.24, 2.45) is 0 Å². The lowest BCUT2D eigenvalue weighted by Gasteiger charge is -1.93. The zero-order chi connectivity index (χ0) is 6.41. The first kappa shape index (κ1) is 7.84. The third-order valence-electron chi connectivity index (χ3n) is 0.746. The van der Waals surface area contributed by atoms with Crippen LogP contribution in [0.25, 0.3) is 0 Å². The second-order valence-electron chi connectivity index (χ2n) is 1.61. The van der Waals surface area contributed by atoms with Gasteiger partial charge < -0.3 is 5.11 Å². The SMILES string of the molecule is CC(Br)CCC#CO. The fourth-order valence-electron chi connectivity index (χ4n) is 0.327. The number of hydrogen-bond donors (Lipinski definition) is 1. The summed E-state index contributed by atoms with van der Waals surface area (Å²) in [6.07, 6.45) is 3.61. The largest absolute Gasteiger partial charge is 0.462 e. The number of hydrogen-bond acceptors (Lipinski definition) is 1. The Hall–Kier alpha value is -0.160. The van der Waals surface area contributed by atoms with Gasteiger partial charge in [0.25, 0.3) is 0 Å². The van der Waals surface area contributed by atoms with Crippen molar-refractivity contribution >= 4 is 15.9 Å². The van der Waals surface area contributed by atoms with Crippen LogP contribution in [0.15, 0.2) is 0 Å². The molecule has 0 fully saturated rings. The van der Waals surface area contributed by atoms with Crippen molar-refractivity contribution in [2.75, 3.05) is 0 Å². The first-order valence-corrected chi connectivity index (χ1v) is 3.45. The van der Waals surface area contributed by atoms with Crippen molar-refractivity contribution in [3.63, 3.8) is 0 Å². The van der Waals surface area contributed by atoms with Crippen LogP contribution >= 0.6 is 15.9 Å². The Bertz CT molecular complexity index is 98.8. The molecule has 1 N–H and O–H groups in total. The quantitative estimate of drug-likeness (QED) is 0.504. The minimum absolute atomic E-state index is 0.503. The number of alkyl halides is 1. The fourth-order valence-corrected chi connectivity index (χ4v) is 0.556. The highest BCUT2D eigenvalue weighted by molar-refractivity contribution is 9.09. The molecule has 0 amide bonds. The predicted molar refractivity (Wildman–Crippen MR) is 37.3 cm³/mol. The molecule has 0 rings (SSSR count). The van der Waals surface area contributed by atoms with Crippen LogP contribution in [0.2, 0.25) is 0 Å². The second-order valence-corrected chi connectivity index (χ2v) is 3.17. The van der Waals surface area contributed by atoms with Gasteiger partial charge in [0.1, 0.15) is 6.11 Å². The Morgan fingerprint density at radius 1 is 1.75 bits per heavy atom. The van der Waals surface area contributed by atoms with E-state index in [9.17, 15) is 0 Å². The first-order chi connectivity index (χ1) is 3.77. The van der Waals surface area contributed by atoms with Crippen molar-refractivity contribution in [3.8, 4) is 12.0 Å². The van der Waals surface area contributed by atoms with Crippen molar-refractivity contribution in [1.29, 1.82) is 0 Å². The Morgan fingerprint density at radius 2 is 2.38 bits per heavy atom. The molecular weight excluding hydrogens is 168 g/mol. The van der Waals surface area contributed by atoms with Crippen LogP contribution in [0.4, 0.5) is 0 Å². The summed E-state index contributed by atoms with van der Waals surface area (Å²) in [5.41, 5.74) is 0. The lowest BCUT2D eigenvalue weighted by Crippen LogP contribution is -1.86. The van der Waals surface area contributed by atoms with E-state index < -0.39 is 0 Å². The Morgan fingerprint density at radius 3 is 2.75 bits per heavy atom. The van der Waals surface area contributed by atoms with Crippen LogP contribution in [0, 0.1) is 12.0 Å². The molecule has 0 bridgehead atoms. The predicted octanol–water partition coefficient (Wildman–Crippen LogP) is 1.88. The highest BCUT2D eigenvalue weighted by atomic mass is 79.9. The van der Waals surface area contributed by atoms with Gasteiger partial charge in [-0.1, -0.05) is 28.8 Å². The second kappa shape index (κ2) is 4.99. The number of rotatable bonds is 2. The summed E-state index contributed by atoms with van der Waals surface area (Å²) in [7, 11) is 0. The monoisotopic (exact) mass is 176 g/mol. The highest BCUT2D eigenvalue weighted by Gasteiger charge is 1.90. The van der Waals surface area contributed by atoms with E-state index in [1.807, 2.05) is 6.11 Å². The van der Waals surface area contributed by atoms with E-state index in [-0.39, 0.29) is 0 Å². The third kappa shape index (κ3) is 5.84. The molecule has 0 saturated heterocycles. The highest BCUT2D eigenvalue weighted by Crippen LogP contribution is 2.04. The summed E-state index contributed by atoms with van der Waals surface area (Å²) in [6.45, 7) is 2.05. The van der Waals surface area contributed by atoms with E-state index in [2.05, 4.69) is 28.8 Å². The molecule has 0 heterocycles. The maximum atomic E-state index is 8.00. The van der Waals surface area contributed by atoms with Crippen molar-refractivity contribution in [1.82, 2.24) is 0 Å². The summed E-state index contributed by atoms with van der Waals surface area (Å²) < 4.78 is 0. The summed E-state index contributed by atoms with van der Waals surface area (Å²) in [6, 6.07) is 0. The molecule has 0 radical (unpaired) electrons. The van der Waals surface area contributed by atoms with E-state index in [0.717, 1.165) is 12.8 Å². The number of aliphatic hydroxyl groups excluding tert-OH is 1. The molecule has 0 aliphatic carbocycles. The van der Waals surface area contributed by atoms with Crippen LogP contribution in [-0.4, -0.2) is 9.93 Å². The Balaban J connectivity index is 3.01. The minimum Gasteiger partial charge on any atom is -0.462 e. The van der Waals surface area contributed by atoms with E-state index in [1.54, 1.807) is 0 Å². The van der Waals surface area contributed by atoms with Gasteiger partial charge in [0.05, 0.1) is 0 Å². The molecule has 0 aromatic heterocycles. The third-order valence-corrected chi connectivity index (χ3v) is 1.20. The van der Waals surface area contributed by atoms with Gasteiger partial charge in [0.15, 0.2) is 0 Å². The number of aliphatic hydroxyl groups is 1.